The van der Waals surface area contributed by atoms with Crippen LogP contribution in [0.1, 0.15) is 31.3 Å². The van der Waals surface area contributed by atoms with Gasteiger partial charge in [-0.25, -0.2) is 9.97 Å². The number of hydrogen-bond donors (Lipinski definition) is 1. The van der Waals surface area contributed by atoms with Gasteiger partial charge in [-0.1, -0.05) is 37.0 Å². The molecule has 0 fully saturated rings. The van der Waals surface area contributed by atoms with Crippen LogP contribution in [0.4, 0.5) is 0 Å². The van der Waals surface area contributed by atoms with E-state index in [0.29, 0.717) is 33.1 Å². The molecule has 1 aromatic carbocycles. The highest BCUT2D eigenvalue weighted by molar-refractivity contribution is 6.34. The van der Waals surface area contributed by atoms with Crippen LogP contribution in [0.5, 0.6) is 11.5 Å². The molecule has 0 aliphatic heterocycles. The van der Waals surface area contributed by atoms with Crippen LogP contribution in [0.25, 0.3) is 0 Å². The lowest BCUT2D eigenvalue weighted by Crippen LogP contribution is -2.03. The third kappa shape index (κ3) is 3.39. The molecule has 0 aliphatic carbocycles. The third-order valence-electron chi connectivity index (χ3n) is 2.63. The maximum Gasteiger partial charge on any atom is 0.169 e. The lowest BCUT2D eigenvalue weighted by Gasteiger charge is -2.12. The summed E-state index contributed by atoms with van der Waals surface area (Å²) in [5, 5.41) is 10.3. The summed E-state index contributed by atoms with van der Waals surface area (Å²) < 4.78 is 5.65. The van der Waals surface area contributed by atoms with Gasteiger partial charge in [0.25, 0.3) is 0 Å². The Morgan fingerprint density at radius 1 is 1.25 bits per heavy atom. The van der Waals surface area contributed by atoms with E-state index in [-0.39, 0.29) is 12.5 Å². The van der Waals surface area contributed by atoms with Crippen molar-refractivity contribution in [3.05, 3.63) is 46.0 Å². The summed E-state index contributed by atoms with van der Waals surface area (Å²) in [5.74, 6) is 1.58. The molecule has 1 aromatic heterocycles. The van der Waals surface area contributed by atoms with Gasteiger partial charge in [0, 0.05) is 17.0 Å². The molecular weight excluding hydrogens is 299 g/mol. The second-order valence-electron chi connectivity index (χ2n) is 4.53. The Bertz CT molecular complexity index is 618. The Kier molecular flexibility index (Phi) is 4.81. The first-order valence-electron chi connectivity index (χ1n) is 6.11. The van der Waals surface area contributed by atoms with Gasteiger partial charge in [0.15, 0.2) is 5.75 Å². The first-order chi connectivity index (χ1) is 9.51. The minimum absolute atomic E-state index is 0.170. The molecule has 2 rings (SSSR count). The first-order valence-corrected chi connectivity index (χ1v) is 6.86. The van der Waals surface area contributed by atoms with Crippen molar-refractivity contribution < 1.29 is 9.84 Å². The number of halogens is 2. The molecule has 20 heavy (non-hydrogen) atoms. The van der Waals surface area contributed by atoms with E-state index in [1.807, 2.05) is 13.8 Å². The van der Waals surface area contributed by atoms with Crippen molar-refractivity contribution in [2.75, 3.05) is 0 Å². The van der Waals surface area contributed by atoms with Crippen LogP contribution in [-0.4, -0.2) is 15.1 Å². The fourth-order valence-corrected chi connectivity index (χ4v) is 1.89. The molecule has 0 amide bonds. The second kappa shape index (κ2) is 6.39. The molecule has 0 saturated carbocycles. The summed E-state index contributed by atoms with van der Waals surface area (Å²) >= 11 is 11.9. The van der Waals surface area contributed by atoms with Crippen LogP contribution in [0.3, 0.4) is 0 Å². The smallest absolute Gasteiger partial charge is 0.169 e. The quantitative estimate of drug-likeness (QED) is 0.919. The van der Waals surface area contributed by atoms with Crippen molar-refractivity contribution in [3.8, 4) is 11.5 Å². The van der Waals surface area contributed by atoms with Gasteiger partial charge in [-0.15, -0.1) is 0 Å². The molecule has 4 nitrogen and oxygen atoms in total. The molecule has 0 unspecified atom stereocenters. The third-order valence-corrected chi connectivity index (χ3v) is 3.17. The van der Waals surface area contributed by atoms with E-state index < -0.39 is 0 Å². The monoisotopic (exact) mass is 312 g/mol. The Balaban J connectivity index is 2.35. The molecule has 106 valence electrons. The van der Waals surface area contributed by atoms with E-state index in [0.717, 1.165) is 0 Å². The SMILES string of the molecule is CC(C)c1ncc(Oc2cc(Cl)ccc2Cl)c(CO)n1. The van der Waals surface area contributed by atoms with Crippen LogP contribution >= 0.6 is 23.2 Å². The highest BCUT2D eigenvalue weighted by Crippen LogP contribution is 2.33. The Morgan fingerprint density at radius 2 is 2.00 bits per heavy atom. The zero-order chi connectivity index (χ0) is 14.7. The molecule has 0 bridgehead atoms. The van der Waals surface area contributed by atoms with Gasteiger partial charge in [0.1, 0.15) is 17.3 Å². The number of ether oxygens (including phenoxy) is 1. The van der Waals surface area contributed by atoms with Crippen LogP contribution in [0.2, 0.25) is 10.0 Å². The summed E-state index contributed by atoms with van der Waals surface area (Å²) in [6.45, 7) is 3.71. The zero-order valence-electron chi connectivity index (χ0n) is 11.1. The maximum atomic E-state index is 9.40. The molecule has 6 heteroatoms. The normalized spacial score (nSPS) is 10.9. The fourth-order valence-electron chi connectivity index (χ4n) is 1.57. The van der Waals surface area contributed by atoms with Crippen LogP contribution in [-0.2, 0) is 6.61 Å². The van der Waals surface area contributed by atoms with Gasteiger partial charge >= 0.3 is 0 Å². The van der Waals surface area contributed by atoms with Crippen LogP contribution in [0, 0.1) is 0 Å². The number of aromatic nitrogens is 2. The van der Waals surface area contributed by atoms with Crippen molar-refractivity contribution in [1.82, 2.24) is 9.97 Å². The van der Waals surface area contributed by atoms with E-state index >= 15 is 0 Å². The minimum atomic E-state index is -0.240. The van der Waals surface area contributed by atoms with Gasteiger partial charge in [-0.2, -0.15) is 0 Å². The summed E-state index contributed by atoms with van der Waals surface area (Å²) in [6.07, 6.45) is 1.53. The number of aliphatic hydroxyl groups excluding tert-OH is 1. The number of aliphatic hydroxyl groups is 1. The highest BCUT2D eigenvalue weighted by Gasteiger charge is 2.12. The molecule has 0 aliphatic rings. The molecule has 0 radical (unpaired) electrons. The summed E-state index contributed by atoms with van der Waals surface area (Å²) in [4.78, 5) is 8.49. The first kappa shape index (κ1) is 15.0. The topological polar surface area (TPSA) is 55.2 Å². The molecular formula is C14H14Cl2N2O2. The zero-order valence-corrected chi connectivity index (χ0v) is 12.6. The van der Waals surface area contributed by atoms with Crippen molar-refractivity contribution in [1.29, 1.82) is 0 Å². The van der Waals surface area contributed by atoms with Crippen molar-refractivity contribution in [2.24, 2.45) is 0 Å². The van der Waals surface area contributed by atoms with Gasteiger partial charge in [-0.3, -0.25) is 0 Å². The second-order valence-corrected chi connectivity index (χ2v) is 5.37. The predicted molar refractivity (Wildman–Crippen MR) is 78.6 cm³/mol. The van der Waals surface area contributed by atoms with Crippen molar-refractivity contribution >= 4 is 23.2 Å². The number of nitrogens with zero attached hydrogens (tertiary/aromatic N) is 2. The fraction of sp³-hybridized carbons (Fsp3) is 0.286. The van der Waals surface area contributed by atoms with Gasteiger partial charge in [0.2, 0.25) is 0 Å². The molecule has 0 atom stereocenters. The number of benzene rings is 1. The molecule has 0 saturated heterocycles. The average Bonchev–Trinajstić information content (AvgIpc) is 2.43. The van der Waals surface area contributed by atoms with Gasteiger partial charge in [-0.05, 0) is 12.1 Å². The Labute approximate surface area is 127 Å². The Morgan fingerprint density at radius 3 is 2.65 bits per heavy atom. The van der Waals surface area contributed by atoms with E-state index in [1.54, 1.807) is 18.2 Å². The number of rotatable bonds is 4. The van der Waals surface area contributed by atoms with Gasteiger partial charge in [0.05, 0.1) is 17.8 Å². The van der Waals surface area contributed by atoms with Gasteiger partial charge < -0.3 is 9.84 Å². The molecule has 1 heterocycles. The standard InChI is InChI=1S/C14H14Cl2N2O2/c1-8(2)14-17-6-13(11(7-19)18-14)20-12-5-9(15)3-4-10(12)16/h3-6,8,19H,7H2,1-2H3. The minimum Gasteiger partial charge on any atom is -0.452 e. The Hall–Kier alpha value is -1.36. The van der Waals surface area contributed by atoms with Crippen molar-refractivity contribution in [2.45, 2.75) is 26.4 Å². The average molecular weight is 313 g/mol. The van der Waals surface area contributed by atoms with E-state index in [2.05, 4.69) is 9.97 Å². The maximum absolute atomic E-state index is 9.40. The molecule has 2 aromatic rings. The summed E-state index contributed by atoms with van der Waals surface area (Å²) in [6, 6.07) is 4.91. The summed E-state index contributed by atoms with van der Waals surface area (Å²) in [7, 11) is 0. The van der Waals surface area contributed by atoms with E-state index in [1.165, 1.54) is 6.20 Å². The molecule has 1 N–H and O–H groups in total. The number of hydrogen-bond acceptors (Lipinski definition) is 4. The lowest BCUT2D eigenvalue weighted by molar-refractivity contribution is 0.270. The highest BCUT2D eigenvalue weighted by atomic mass is 35.5. The van der Waals surface area contributed by atoms with Crippen LogP contribution in [0.15, 0.2) is 24.4 Å². The lowest BCUT2D eigenvalue weighted by atomic mass is 10.2. The predicted octanol–water partition coefficient (Wildman–Crippen LogP) is 4.19. The van der Waals surface area contributed by atoms with Crippen LogP contribution < -0.4 is 4.74 Å². The largest absolute Gasteiger partial charge is 0.452 e. The van der Waals surface area contributed by atoms with Crippen molar-refractivity contribution in [3.63, 3.8) is 0 Å². The molecule has 0 spiro atoms. The summed E-state index contributed by atoms with van der Waals surface area (Å²) in [5.41, 5.74) is 0.416. The van der Waals surface area contributed by atoms with E-state index in [4.69, 9.17) is 27.9 Å². The van der Waals surface area contributed by atoms with E-state index in [9.17, 15) is 5.11 Å².